The maximum Gasteiger partial charge on any atom is 0.332 e. The van der Waals surface area contributed by atoms with Gasteiger partial charge in [0.1, 0.15) is 0 Å². The van der Waals surface area contributed by atoms with E-state index in [1.54, 1.807) is 19.9 Å². The van der Waals surface area contributed by atoms with Crippen molar-refractivity contribution in [3.05, 3.63) is 17.5 Å². The predicted molar refractivity (Wildman–Crippen MR) is 51.5 cm³/mol. The Morgan fingerprint density at radius 3 is 2.86 bits per heavy atom. The fraction of sp³-hybridized carbons (Fsp3) is 0.556. The molecule has 0 bridgehead atoms. The first-order chi connectivity index (χ1) is 6.48. The highest BCUT2D eigenvalue weighted by Gasteiger charge is 2.34. The van der Waals surface area contributed by atoms with Crippen molar-refractivity contribution >= 4 is 5.97 Å². The Balaban J connectivity index is 2.89. The van der Waals surface area contributed by atoms with Gasteiger partial charge < -0.3 is 10.5 Å². The second-order valence-corrected chi connectivity index (χ2v) is 3.36. The molecule has 78 valence electrons. The normalized spacial score (nSPS) is 14.9. The van der Waals surface area contributed by atoms with E-state index in [-0.39, 0.29) is 0 Å². The molecule has 3 N–H and O–H groups in total. The summed E-state index contributed by atoms with van der Waals surface area (Å²) in [4.78, 5) is 11.5. The molecule has 0 fully saturated rings. The van der Waals surface area contributed by atoms with Gasteiger partial charge in [-0.15, -0.1) is 0 Å². The van der Waals surface area contributed by atoms with Gasteiger partial charge in [0.05, 0.1) is 12.3 Å². The zero-order valence-corrected chi connectivity index (χ0v) is 8.63. The van der Waals surface area contributed by atoms with Gasteiger partial charge in [-0.05, 0) is 26.8 Å². The van der Waals surface area contributed by atoms with Crippen molar-refractivity contribution in [2.45, 2.75) is 26.3 Å². The molecule has 0 aliphatic rings. The second kappa shape index (κ2) is 3.79. The quantitative estimate of drug-likeness (QED) is 0.689. The molecule has 1 rings (SSSR count). The Hall–Kier alpha value is -1.36. The third kappa shape index (κ3) is 1.93. The molecule has 0 radical (unpaired) electrons. The van der Waals surface area contributed by atoms with E-state index in [1.807, 2.05) is 6.92 Å². The Morgan fingerprint density at radius 2 is 2.43 bits per heavy atom. The smallest absolute Gasteiger partial charge is 0.332 e. The van der Waals surface area contributed by atoms with E-state index in [9.17, 15) is 4.79 Å². The van der Waals surface area contributed by atoms with E-state index in [1.165, 1.54) is 0 Å². The fourth-order valence-electron chi connectivity index (χ4n) is 1.07. The van der Waals surface area contributed by atoms with E-state index < -0.39 is 11.5 Å². The maximum absolute atomic E-state index is 11.5. The lowest BCUT2D eigenvalue weighted by atomic mass is 9.99. The van der Waals surface area contributed by atoms with Crippen LogP contribution in [0, 0.1) is 6.92 Å². The van der Waals surface area contributed by atoms with Crippen LogP contribution < -0.4 is 5.73 Å². The summed E-state index contributed by atoms with van der Waals surface area (Å²) in [7, 11) is 0. The van der Waals surface area contributed by atoms with Crippen molar-refractivity contribution in [3.8, 4) is 0 Å². The zero-order valence-electron chi connectivity index (χ0n) is 8.63. The topological polar surface area (TPSA) is 81.0 Å². The molecular weight excluding hydrogens is 182 g/mol. The molecule has 1 heterocycles. The number of hydrogen-bond acceptors (Lipinski definition) is 4. The van der Waals surface area contributed by atoms with Gasteiger partial charge >= 0.3 is 5.97 Å². The Labute approximate surface area is 82.6 Å². The van der Waals surface area contributed by atoms with Crippen LogP contribution in [-0.2, 0) is 15.1 Å². The van der Waals surface area contributed by atoms with E-state index in [4.69, 9.17) is 10.5 Å². The number of esters is 1. The van der Waals surface area contributed by atoms with Crippen LogP contribution in [0.1, 0.15) is 25.2 Å². The summed E-state index contributed by atoms with van der Waals surface area (Å²) in [6.07, 6.45) is 0. The molecule has 0 spiro atoms. The molecule has 1 unspecified atom stereocenters. The number of ether oxygens (including phenoxy) is 1. The fourth-order valence-corrected chi connectivity index (χ4v) is 1.07. The van der Waals surface area contributed by atoms with E-state index in [0.717, 1.165) is 5.69 Å². The predicted octanol–water partition coefficient (Wildman–Crippen LogP) is 0.455. The second-order valence-electron chi connectivity index (χ2n) is 3.36. The summed E-state index contributed by atoms with van der Waals surface area (Å²) in [6.45, 7) is 5.48. The van der Waals surface area contributed by atoms with Gasteiger partial charge in [0, 0.05) is 5.69 Å². The van der Waals surface area contributed by atoms with Crippen molar-refractivity contribution in [1.82, 2.24) is 10.2 Å². The molecule has 0 saturated carbocycles. The van der Waals surface area contributed by atoms with Crippen molar-refractivity contribution in [1.29, 1.82) is 0 Å². The number of carbonyl (C=O) groups is 1. The largest absolute Gasteiger partial charge is 0.464 e. The number of nitrogens with zero attached hydrogens (tertiary/aromatic N) is 1. The van der Waals surface area contributed by atoms with Crippen LogP contribution in [0.5, 0.6) is 0 Å². The van der Waals surface area contributed by atoms with Gasteiger partial charge in [0.15, 0.2) is 5.54 Å². The van der Waals surface area contributed by atoms with Crippen LogP contribution in [0.25, 0.3) is 0 Å². The molecule has 14 heavy (non-hydrogen) atoms. The van der Waals surface area contributed by atoms with E-state index in [0.29, 0.717) is 12.3 Å². The molecule has 1 aromatic rings. The molecule has 5 nitrogen and oxygen atoms in total. The monoisotopic (exact) mass is 197 g/mol. The van der Waals surface area contributed by atoms with Crippen molar-refractivity contribution in [3.63, 3.8) is 0 Å². The van der Waals surface area contributed by atoms with Crippen LogP contribution >= 0.6 is 0 Å². The van der Waals surface area contributed by atoms with Crippen LogP contribution in [0.2, 0.25) is 0 Å². The zero-order chi connectivity index (χ0) is 10.8. The number of H-pyrrole nitrogens is 1. The summed E-state index contributed by atoms with van der Waals surface area (Å²) in [5.74, 6) is -0.466. The highest BCUT2D eigenvalue weighted by Crippen LogP contribution is 2.17. The van der Waals surface area contributed by atoms with Crippen LogP contribution in [0.3, 0.4) is 0 Å². The number of aromatic amines is 1. The lowest BCUT2D eigenvalue weighted by Gasteiger charge is -2.19. The first-order valence-corrected chi connectivity index (χ1v) is 4.47. The number of aryl methyl sites for hydroxylation is 1. The highest BCUT2D eigenvalue weighted by molar-refractivity contribution is 5.81. The SMILES string of the molecule is CCOC(=O)C(C)(N)c1cc(C)[nH]n1. The van der Waals surface area contributed by atoms with Crippen LogP contribution in [0.4, 0.5) is 0 Å². The van der Waals surface area contributed by atoms with E-state index >= 15 is 0 Å². The number of hydrogen-bond donors (Lipinski definition) is 2. The Bertz CT molecular complexity index is 331. The van der Waals surface area contributed by atoms with E-state index in [2.05, 4.69) is 10.2 Å². The minimum atomic E-state index is -1.18. The van der Waals surface area contributed by atoms with Gasteiger partial charge in [-0.3, -0.25) is 5.10 Å². The van der Waals surface area contributed by atoms with Crippen LogP contribution in [0.15, 0.2) is 6.07 Å². The highest BCUT2D eigenvalue weighted by atomic mass is 16.5. The molecule has 1 atom stereocenters. The number of rotatable bonds is 3. The molecule has 0 aromatic carbocycles. The Morgan fingerprint density at radius 1 is 1.79 bits per heavy atom. The summed E-state index contributed by atoms with van der Waals surface area (Å²) < 4.78 is 4.85. The molecule has 0 saturated heterocycles. The van der Waals surface area contributed by atoms with Crippen molar-refractivity contribution in [2.75, 3.05) is 6.61 Å². The summed E-state index contributed by atoms with van der Waals surface area (Å²) in [6, 6.07) is 1.73. The van der Waals surface area contributed by atoms with Gasteiger partial charge in [0.25, 0.3) is 0 Å². The molecule has 0 aliphatic heterocycles. The van der Waals surface area contributed by atoms with Gasteiger partial charge in [-0.1, -0.05) is 0 Å². The number of nitrogens with two attached hydrogens (primary N) is 1. The average molecular weight is 197 g/mol. The molecule has 5 heteroatoms. The maximum atomic E-state index is 11.5. The minimum Gasteiger partial charge on any atom is -0.464 e. The standard InChI is InChI=1S/C9H15N3O2/c1-4-14-8(13)9(3,10)7-5-6(2)11-12-7/h5H,4,10H2,1-3H3,(H,11,12). The van der Waals surface area contributed by atoms with Crippen molar-refractivity contribution < 1.29 is 9.53 Å². The molecule has 0 aliphatic carbocycles. The minimum absolute atomic E-state index is 0.315. The first kappa shape index (κ1) is 10.7. The Kier molecular flexibility index (Phi) is 2.90. The first-order valence-electron chi connectivity index (χ1n) is 4.47. The number of aromatic nitrogens is 2. The summed E-state index contributed by atoms with van der Waals surface area (Å²) in [5.41, 5.74) is 6.00. The van der Waals surface area contributed by atoms with Crippen LogP contribution in [-0.4, -0.2) is 22.8 Å². The van der Waals surface area contributed by atoms with Gasteiger partial charge in [-0.25, -0.2) is 4.79 Å². The molecular formula is C9H15N3O2. The lowest BCUT2D eigenvalue weighted by Crippen LogP contribution is -2.43. The van der Waals surface area contributed by atoms with Gasteiger partial charge in [0.2, 0.25) is 0 Å². The molecule has 1 aromatic heterocycles. The summed E-state index contributed by atoms with van der Waals surface area (Å²) in [5, 5.41) is 6.67. The lowest BCUT2D eigenvalue weighted by molar-refractivity contribution is -0.149. The molecule has 0 amide bonds. The number of carbonyl (C=O) groups excluding carboxylic acids is 1. The number of nitrogens with one attached hydrogen (secondary N) is 1. The third-order valence-electron chi connectivity index (χ3n) is 1.94. The van der Waals surface area contributed by atoms with Gasteiger partial charge in [-0.2, -0.15) is 5.10 Å². The third-order valence-corrected chi connectivity index (χ3v) is 1.94. The average Bonchev–Trinajstić information content (AvgIpc) is 2.52. The summed E-state index contributed by atoms with van der Waals surface area (Å²) >= 11 is 0. The van der Waals surface area contributed by atoms with Crippen molar-refractivity contribution in [2.24, 2.45) is 5.73 Å².